The summed E-state index contributed by atoms with van der Waals surface area (Å²) < 4.78 is 1.89. The smallest absolute Gasteiger partial charge is 0.256 e. The number of nitrogens with one attached hydrogen (secondary N) is 1. The molecule has 2 aromatic carbocycles. The summed E-state index contributed by atoms with van der Waals surface area (Å²) in [6.45, 7) is 8.48. The Morgan fingerprint density at radius 1 is 0.744 bits per heavy atom. The van der Waals surface area contributed by atoms with Gasteiger partial charge in [-0.1, -0.05) is 59.6 Å². The minimum Gasteiger partial charge on any atom is -0.384 e. The molecule has 0 unspecified atom stereocenters. The van der Waals surface area contributed by atoms with E-state index in [0.717, 1.165) is 14.5 Å². The first-order chi connectivity index (χ1) is 18.5. The number of hydrogen-bond acceptors (Lipinski definition) is 5. The zero-order valence-corrected chi connectivity index (χ0v) is 26.1. The van der Waals surface area contributed by atoms with Gasteiger partial charge in [-0.2, -0.15) is 0 Å². The summed E-state index contributed by atoms with van der Waals surface area (Å²) in [5.74, 6) is 1.97. The van der Waals surface area contributed by atoms with Gasteiger partial charge in [-0.25, -0.2) is 9.97 Å². The third kappa shape index (κ3) is 11.7. The number of benzene rings is 2. The van der Waals surface area contributed by atoms with E-state index in [9.17, 15) is 9.59 Å². The lowest BCUT2D eigenvalue weighted by molar-refractivity contribution is 0.102. The average molecular weight is 675 g/mol. The van der Waals surface area contributed by atoms with Crippen LogP contribution in [0.5, 0.6) is 0 Å². The Hall–Kier alpha value is -3.07. The zero-order valence-electron chi connectivity index (χ0n) is 22.2. The van der Waals surface area contributed by atoms with Crippen molar-refractivity contribution in [2.75, 3.05) is 11.1 Å². The fourth-order valence-electron chi connectivity index (χ4n) is 3.07. The molecule has 0 bridgehead atoms. The van der Waals surface area contributed by atoms with Gasteiger partial charge in [0.25, 0.3) is 11.1 Å². The van der Waals surface area contributed by atoms with Crippen LogP contribution in [0.4, 0.5) is 11.6 Å². The first kappa shape index (κ1) is 32.1. The molecule has 204 valence electrons. The molecular weight excluding hydrogens is 644 g/mol. The molecule has 0 aliphatic carbocycles. The summed E-state index contributed by atoms with van der Waals surface area (Å²) in [7, 11) is 0. The second-order valence-corrected chi connectivity index (χ2v) is 11.2. The van der Waals surface area contributed by atoms with Gasteiger partial charge in [0.1, 0.15) is 11.6 Å². The van der Waals surface area contributed by atoms with Crippen LogP contribution in [-0.4, -0.2) is 21.1 Å². The van der Waals surface area contributed by atoms with Crippen molar-refractivity contribution in [2.24, 2.45) is 0 Å². The molecule has 0 spiro atoms. The standard InChI is InChI=1S/C15H15BrN2O.C8H12N2.C7H4BrClO/c1-10(2)12-7-8-17-14(9-12)18-15(19)11-3-5-13(16)6-4-11;1-6(2)7-3-4-10-8(9)5-7;8-6-3-1-5(2-4-6)7(9)10/h3-10H,1-2H3,(H,17,18,19);3-6H,1-2H3,(H2,9,10);1-4H. The number of carbonyl (C=O) groups is 2. The number of nitrogens with two attached hydrogens (primary N) is 1. The van der Waals surface area contributed by atoms with Crippen molar-refractivity contribution in [3.63, 3.8) is 0 Å². The largest absolute Gasteiger partial charge is 0.384 e. The number of rotatable bonds is 5. The van der Waals surface area contributed by atoms with Gasteiger partial charge in [0.2, 0.25) is 0 Å². The lowest BCUT2D eigenvalue weighted by atomic mass is 10.1. The fourth-order valence-corrected chi connectivity index (χ4v) is 3.72. The van der Waals surface area contributed by atoms with Crippen LogP contribution in [0.25, 0.3) is 0 Å². The number of amides is 1. The van der Waals surface area contributed by atoms with Crippen molar-refractivity contribution in [1.29, 1.82) is 0 Å². The van der Waals surface area contributed by atoms with Gasteiger partial charge in [-0.05, 0) is 107 Å². The van der Waals surface area contributed by atoms with Gasteiger partial charge >= 0.3 is 0 Å². The molecule has 0 saturated carbocycles. The van der Waals surface area contributed by atoms with E-state index in [1.165, 1.54) is 5.56 Å². The summed E-state index contributed by atoms with van der Waals surface area (Å²) in [6, 6.07) is 21.9. The molecule has 0 radical (unpaired) electrons. The lowest BCUT2D eigenvalue weighted by Crippen LogP contribution is -2.13. The predicted octanol–water partition coefficient (Wildman–Crippen LogP) is 8.84. The number of anilines is 2. The van der Waals surface area contributed by atoms with E-state index >= 15 is 0 Å². The molecule has 3 N–H and O–H groups in total. The third-order valence-corrected chi connectivity index (χ3v) is 6.62. The van der Waals surface area contributed by atoms with E-state index in [-0.39, 0.29) is 5.91 Å². The van der Waals surface area contributed by atoms with Gasteiger partial charge in [-0.3, -0.25) is 9.59 Å². The summed E-state index contributed by atoms with van der Waals surface area (Å²) in [4.78, 5) is 30.6. The van der Waals surface area contributed by atoms with Crippen molar-refractivity contribution in [1.82, 2.24) is 9.97 Å². The van der Waals surface area contributed by atoms with Crippen molar-refractivity contribution < 1.29 is 9.59 Å². The Kier molecular flexibility index (Phi) is 13.3. The zero-order chi connectivity index (χ0) is 28.9. The van der Waals surface area contributed by atoms with E-state index < -0.39 is 5.24 Å². The molecule has 2 heterocycles. The monoisotopic (exact) mass is 672 g/mol. The second-order valence-electron chi connectivity index (χ2n) is 9.04. The number of pyridine rings is 2. The number of hydrogen-bond donors (Lipinski definition) is 2. The first-order valence-electron chi connectivity index (χ1n) is 12.2. The van der Waals surface area contributed by atoms with E-state index in [4.69, 9.17) is 17.3 Å². The highest BCUT2D eigenvalue weighted by Gasteiger charge is 2.08. The van der Waals surface area contributed by atoms with Crippen LogP contribution in [0.1, 0.15) is 71.4 Å². The van der Waals surface area contributed by atoms with Crippen LogP contribution < -0.4 is 11.1 Å². The Morgan fingerprint density at radius 2 is 1.21 bits per heavy atom. The fraction of sp³-hybridized carbons (Fsp3) is 0.200. The number of aromatic nitrogens is 2. The van der Waals surface area contributed by atoms with Crippen LogP contribution in [0, 0.1) is 0 Å². The highest BCUT2D eigenvalue weighted by Crippen LogP contribution is 2.18. The topological polar surface area (TPSA) is 98.0 Å². The maximum absolute atomic E-state index is 12.0. The minimum atomic E-state index is -0.424. The molecule has 0 aliphatic heterocycles. The molecule has 0 saturated heterocycles. The Balaban J connectivity index is 0.000000225. The van der Waals surface area contributed by atoms with Crippen molar-refractivity contribution in [3.8, 4) is 0 Å². The molecule has 0 aliphatic rings. The summed E-state index contributed by atoms with van der Waals surface area (Å²) in [5.41, 5.74) is 9.01. The molecule has 0 fully saturated rings. The lowest BCUT2D eigenvalue weighted by Gasteiger charge is -2.08. The second kappa shape index (κ2) is 16.1. The van der Waals surface area contributed by atoms with E-state index in [2.05, 4.69) is 74.8 Å². The third-order valence-electron chi connectivity index (χ3n) is 5.34. The first-order valence-corrected chi connectivity index (χ1v) is 14.1. The quantitative estimate of drug-likeness (QED) is 0.206. The molecule has 4 aromatic rings. The molecule has 9 heteroatoms. The van der Waals surface area contributed by atoms with Crippen LogP contribution in [-0.2, 0) is 0 Å². The van der Waals surface area contributed by atoms with Gasteiger partial charge in [0.15, 0.2) is 0 Å². The molecule has 0 atom stereocenters. The number of nitrogen functional groups attached to an aromatic ring is 1. The molecule has 4 rings (SSSR count). The number of nitrogens with zero attached hydrogens (tertiary/aromatic N) is 2. The molecule has 1 amide bonds. The van der Waals surface area contributed by atoms with E-state index in [1.807, 2.05) is 36.4 Å². The molecule has 2 aromatic heterocycles. The Morgan fingerprint density at radius 3 is 1.64 bits per heavy atom. The van der Waals surface area contributed by atoms with Crippen molar-refractivity contribution >= 4 is 66.2 Å². The predicted molar refractivity (Wildman–Crippen MR) is 167 cm³/mol. The van der Waals surface area contributed by atoms with Crippen molar-refractivity contribution in [3.05, 3.63) is 116 Å². The van der Waals surface area contributed by atoms with E-state index in [1.54, 1.807) is 48.8 Å². The number of carbonyl (C=O) groups excluding carboxylic acids is 2. The molecular formula is C30H31Br2ClN4O2. The maximum Gasteiger partial charge on any atom is 0.256 e. The Labute approximate surface area is 251 Å². The molecule has 6 nitrogen and oxygen atoms in total. The van der Waals surface area contributed by atoms with Gasteiger partial charge in [0, 0.05) is 32.5 Å². The van der Waals surface area contributed by atoms with Crippen LogP contribution in [0.3, 0.4) is 0 Å². The van der Waals surface area contributed by atoms with Gasteiger partial charge in [-0.15, -0.1) is 0 Å². The summed E-state index contributed by atoms with van der Waals surface area (Å²) >= 11 is 11.8. The highest BCUT2D eigenvalue weighted by atomic mass is 79.9. The maximum atomic E-state index is 12.0. The van der Waals surface area contributed by atoms with E-state index in [0.29, 0.717) is 34.6 Å². The average Bonchev–Trinajstić information content (AvgIpc) is 2.90. The van der Waals surface area contributed by atoms with Gasteiger partial charge < -0.3 is 11.1 Å². The van der Waals surface area contributed by atoms with Crippen LogP contribution >= 0.6 is 43.5 Å². The summed E-state index contributed by atoms with van der Waals surface area (Å²) in [6.07, 6.45) is 3.46. The SMILES string of the molecule is CC(C)c1ccnc(N)c1.CC(C)c1ccnc(NC(=O)c2ccc(Br)cc2)c1.O=C(Cl)c1ccc(Br)cc1. The van der Waals surface area contributed by atoms with Crippen LogP contribution in [0.2, 0.25) is 0 Å². The van der Waals surface area contributed by atoms with Gasteiger partial charge in [0.05, 0.1) is 0 Å². The van der Waals surface area contributed by atoms with Crippen LogP contribution in [0.15, 0.2) is 94.1 Å². The van der Waals surface area contributed by atoms with Crippen molar-refractivity contribution in [2.45, 2.75) is 39.5 Å². The highest BCUT2D eigenvalue weighted by molar-refractivity contribution is 9.10. The summed E-state index contributed by atoms with van der Waals surface area (Å²) in [5, 5.41) is 2.38. The normalized spacial score (nSPS) is 10.2. The minimum absolute atomic E-state index is 0.152. The Bertz CT molecular complexity index is 1360. The molecule has 39 heavy (non-hydrogen) atoms. The number of halogens is 3.